The van der Waals surface area contributed by atoms with E-state index in [0.717, 1.165) is 25.6 Å². The van der Waals surface area contributed by atoms with Crippen LogP contribution in [-0.2, 0) is 11.3 Å². The quantitative estimate of drug-likeness (QED) is 0.680. The summed E-state index contributed by atoms with van der Waals surface area (Å²) in [6, 6.07) is 10.2. The lowest BCUT2D eigenvalue weighted by Crippen LogP contribution is -2.53. The average Bonchev–Trinajstić information content (AvgIpc) is 2.57. The van der Waals surface area contributed by atoms with Gasteiger partial charge in [-0.2, -0.15) is 0 Å². The second-order valence-electron chi connectivity index (χ2n) is 5.06. The van der Waals surface area contributed by atoms with Crippen molar-refractivity contribution in [2.45, 2.75) is 13.5 Å². The van der Waals surface area contributed by atoms with Crippen LogP contribution in [0.2, 0.25) is 0 Å². The third-order valence-corrected chi connectivity index (χ3v) is 3.61. The molecule has 1 amide bonds. The number of nitrogens with one attached hydrogen (secondary N) is 1. The normalized spacial score (nSPS) is 15.6. The van der Waals surface area contributed by atoms with Crippen LogP contribution in [-0.4, -0.2) is 61.7 Å². The minimum atomic E-state index is -0.227. The van der Waals surface area contributed by atoms with Crippen LogP contribution in [0.15, 0.2) is 35.3 Å². The van der Waals surface area contributed by atoms with Gasteiger partial charge in [0.1, 0.15) is 0 Å². The van der Waals surface area contributed by atoms with E-state index in [1.807, 2.05) is 25.1 Å². The maximum Gasteiger partial charge on any atom is 0.409 e. The van der Waals surface area contributed by atoms with Crippen LogP contribution in [0, 0.1) is 0 Å². The number of ether oxygens (including phenoxy) is 1. The highest BCUT2D eigenvalue weighted by Gasteiger charge is 2.23. The predicted molar refractivity (Wildman–Crippen MR) is 86.8 cm³/mol. The molecular weight excluding hydrogens is 280 g/mol. The largest absolute Gasteiger partial charge is 0.450 e. The Bertz CT molecular complexity index is 496. The topological polar surface area (TPSA) is 57.2 Å². The lowest BCUT2D eigenvalue weighted by atomic mass is 10.2. The van der Waals surface area contributed by atoms with Crippen molar-refractivity contribution in [1.29, 1.82) is 0 Å². The van der Waals surface area contributed by atoms with E-state index in [-0.39, 0.29) is 6.09 Å². The van der Waals surface area contributed by atoms with Gasteiger partial charge in [-0.3, -0.25) is 4.99 Å². The van der Waals surface area contributed by atoms with E-state index in [9.17, 15) is 4.79 Å². The van der Waals surface area contributed by atoms with Gasteiger partial charge in [0, 0.05) is 39.8 Å². The first-order valence-electron chi connectivity index (χ1n) is 7.65. The summed E-state index contributed by atoms with van der Waals surface area (Å²) in [6.07, 6.45) is -0.227. The maximum absolute atomic E-state index is 11.7. The molecule has 0 spiro atoms. The van der Waals surface area contributed by atoms with Gasteiger partial charge < -0.3 is 19.9 Å². The summed E-state index contributed by atoms with van der Waals surface area (Å²) in [6.45, 7) is 5.81. The third-order valence-electron chi connectivity index (χ3n) is 3.61. The molecule has 0 radical (unpaired) electrons. The minimum Gasteiger partial charge on any atom is -0.450 e. The molecular formula is C16H24N4O2. The monoisotopic (exact) mass is 304 g/mol. The van der Waals surface area contributed by atoms with Gasteiger partial charge in [0.25, 0.3) is 0 Å². The van der Waals surface area contributed by atoms with Gasteiger partial charge in [-0.05, 0) is 12.5 Å². The van der Waals surface area contributed by atoms with E-state index in [4.69, 9.17) is 4.74 Å². The summed E-state index contributed by atoms with van der Waals surface area (Å²) in [4.78, 5) is 19.9. The molecule has 0 bridgehead atoms. The maximum atomic E-state index is 11.7. The Labute approximate surface area is 131 Å². The molecule has 120 valence electrons. The molecule has 0 aliphatic carbocycles. The van der Waals surface area contributed by atoms with Crippen molar-refractivity contribution < 1.29 is 9.53 Å². The number of piperazine rings is 1. The van der Waals surface area contributed by atoms with Crippen LogP contribution in [0.25, 0.3) is 0 Å². The Balaban J connectivity index is 1.82. The van der Waals surface area contributed by atoms with Crippen molar-refractivity contribution in [3.8, 4) is 0 Å². The Hall–Kier alpha value is -2.24. The summed E-state index contributed by atoms with van der Waals surface area (Å²) in [7, 11) is 1.78. The molecule has 1 saturated heterocycles. The van der Waals surface area contributed by atoms with E-state index in [2.05, 4.69) is 27.3 Å². The van der Waals surface area contributed by atoms with Gasteiger partial charge in [0.05, 0.1) is 6.61 Å². The highest BCUT2D eigenvalue weighted by atomic mass is 16.6. The fourth-order valence-electron chi connectivity index (χ4n) is 2.42. The second kappa shape index (κ2) is 8.26. The van der Waals surface area contributed by atoms with Crippen molar-refractivity contribution in [3.05, 3.63) is 35.9 Å². The van der Waals surface area contributed by atoms with Crippen molar-refractivity contribution in [2.24, 2.45) is 4.99 Å². The van der Waals surface area contributed by atoms with Crippen LogP contribution in [0.1, 0.15) is 12.5 Å². The fourth-order valence-corrected chi connectivity index (χ4v) is 2.42. The van der Waals surface area contributed by atoms with Gasteiger partial charge in [-0.25, -0.2) is 4.79 Å². The number of aliphatic imine (C=N–C) groups is 1. The molecule has 1 fully saturated rings. The van der Waals surface area contributed by atoms with Gasteiger partial charge in [-0.15, -0.1) is 0 Å². The summed E-state index contributed by atoms with van der Waals surface area (Å²) >= 11 is 0. The van der Waals surface area contributed by atoms with Crippen molar-refractivity contribution in [2.75, 3.05) is 39.8 Å². The van der Waals surface area contributed by atoms with Crippen molar-refractivity contribution in [3.63, 3.8) is 0 Å². The predicted octanol–water partition coefficient (Wildman–Crippen LogP) is 1.54. The average molecular weight is 304 g/mol. The lowest BCUT2D eigenvalue weighted by Gasteiger charge is -2.35. The van der Waals surface area contributed by atoms with Crippen LogP contribution in [0.5, 0.6) is 0 Å². The van der Waals surface area contributed by atoms with Crippen molar-refractivity contribution in [1.82, 2.24) is 15.1 Å². The Kier molecular flexibility index (Phi) is 6.06. The number of carbonyl (C=O) groups excluding carboxylic acids is 1. The summed E-state index contributed by atoms with van der Waals surface area (Å²) in [5, 5.41) is 3.37. The smallest absolute Gasteiger partial charge is 0.409 e. The zero-order chi connectivity index (χ0) is 15.8. The van der Waals surface area contributed by atoms with Gasteiger partial charge in [0.15, 0.2) is 5.96 Å². The zero-order valence-corrected chi connectivity index (χ0v) is 13.3. The van der Waals surface area contributed by atoms with E-state index < -0.39 is 0 Å². The molecule has 1 aromatic rings. The summed E-state index contributed by atoms with van der Waals surface area (Å²) in [5.74, 6) is 0.868. The summed E-state index contributed by atoms with van der Waals surface area (Å²) < 4.78 is 5.03. The molecule has 1 aliphatic heterocycles. The number of hydrogen-bond acceptors (Lipinski definition) is 3. The first kappa shape index (κ1) is 16.1. The molecule has 0 aromatic heterocycles. The highest BCUT2D eigenvalue weighted by molar-refractivity contribution is 5.80. The van der Waals surface area contributed by atoms with Gasteiger partial charge in [0.2, 0.25) is 0 Å². The van der Waals surface area contributed by atoms with Gasteiger partial charge >= 0.3 is 6.09 Å². The summed E-state index contributed by atoms with van der Waals surface area (Å²) in [5.41, 5.74) is 1.22. The van der Waals surface area contributed by atoms with E-state index >= 15 is 0 Å². The number of guanidine groups is 1. The molecule has 2 rings (SSSR count). The van der Waals surface area contributed by atoms with Crippen LogP contribution >= 0.6 is 0 Å². The molecule has 6 nitrogen and oxygen atoms in total. The zero-order valence-electron chi connectivity index (χ0n) is 13.3. The molecule has 1 N–H and O–H groups in total. The molecule has 1 heterocycles. The lowest BCUT2D eigenvalue weighted by molar-refractivity contribution is 0.0914. The van der Waals surface area contributed by atoms with Crippen LogP contribution < -0.4 is 5.32 Å². The number of benzene rings is 1. The molecule has 0 atom stereocenters. The molecule has 6 heteroatoms. The number of nitrogens with zero attached hydrogens (tertiary/aromatic N) is 3. The number of hydrogen-bond donors (Lipinski definition) is 1. The van der Waals surface area contributed by atoms with Crippen molar-refractivity contribution >= 4 is 12.1 Å². The Morgan fingerprint density at radius 3 is 2.41 bits per heavy atom. The molecule has 0 saturated carbocycles. The molecule has 1 aromatic carbocycles. The van der Waals surface area contributed by atoms with Crippen LogP contribution in [0.3, 0.4) is 0 Å². The fraction of sp³-hybridized carbons (Fsp3) is 0.500. The number of rotatable bonds is 3. The third kappa shape index (κ3) is 4.38. The molecule has 22 heavy (non-hydrogen) atoms. The number of amides is 1. The van der Waals surface area contributed by atoms with Crippen LogP contribution in [0.4, 0.5) is 4.79 Å². The molecule has 0 unspecified atom stereocenters. The second-order valence-corrected chi connectivity index (χ2v) is 5.06. The first-order chi connectivity index (χ1) is 10.7. The van der Waals surface area contributed by atoms with E-state index in [1.165, 1.54) is 5.56 Å². The number of carbonyl (C=O) groups is 1. The molecule has 1 aliphatic rings. The standard InChI is InChI=1S/C16H24N4O2/c1-3-22-16(21)20-11-9-19(10-12-20)15(17-2)18-13-14-7-5-4-6-8-14/h4-8H,3,9-13H2,1-2H3,(H,17,18). The highest BCUT2D eigenvalue weighted by Crippen LogP contribution is 2.05. The SMILES string of the molecule is CCOC(=O)N1CCN(C(=NC)NCc2ccccc2)CC1. The Morgan fingerprint density at radius 2 is 1.82 bits per heavy atom. The van der Waals surface area contributed by atoms with Gasteiger partial charge in [-0.1, -0.05) is 30.3 Å². The minimum absolute atomic E-state index is 0.227. The van der Waals surface area contributed by atoms with E-state index in [0.29, 0.717) is 19.7 Å². The first-order valence-corrected chi connectivity index (χ1v) is 7.65. The Morgan fingerprint density at radius 1 is 1.18 bits per heavy atom. The van der Waals surface area contributed by atoms with E-state index in [1.54, 1.807) is 11.9 Å².